The summed E-state index contributed by atoms with van der Waals surface area (Å²) in [6.45, 7) is 1.03. The number of methoxy groups -OCH3 is 2. The fraction of sp³-hybridized carbons (Fsp3) is 0.381. The predicted octanol–water partition coefficient (Wildman–Crippen LogP) is 2.87. The van der Waals surface area contributed by atoms with Gasteiger partial charge in [-0.3, -0.25) is 4.90 Å². The first kappa shape index (κ1) is 17.2. The van der Waals surface area contributed by atoms with Crippen molar-refractivity contribution >= 4 is 5.97 Å². The summed E-state index contributed by atoms with van der Waals surface area (Å²) < 4.78 is 27.9. The number of likely N-dealkylation sites (N-methyl/N-ethyl adjacent to an activating group) is 1. The molecule has 0 aliphatic carbocycles. The summed E-state index contributed by atoms with van der Waals surface area (Å²) >= 11 is 0. The number of hydrogen-bond acceptors (Lipinski definition) is 7. The maximum absolute atomic E-state index is 13.0. The Kier molecular flexibility index (Phi) is 3.87. The van der Waals surface area contributed by atoms with Gasteiger partial charge in [0.25, 0.3) is 0 Å². The number of rotatable bonds is 2. The first-order chi connectivity index (χ1) is 13.6. The lowest BCUT2D eigenvalue weighted by atomic mass is 9.87. The van der Waals surface area contributed by atoms with Crippen molar-refractivity contribution in [2.75, 3.05) is 34.6 Å². The average molecular weight is 383 g/mol. The highest BCUT2D eigenvalue weighted by atomic mass is 16.7. The second-order valence-electron chi connectivity index (χ2n) is 7.17. The molecule has 7 heteroatoms. The van der Waals surface area contributed by atoms with Crippen LogP contribution in [0, 0.1) is 0 Å². The molecular weight excluding hydrogens is 362 g/mol. The Labute approximate surface area is 162 Å². The summed E-state index contributed by atoms with van der Waals surface area (Å²) in [7, 11) is 5.13. The molecule has 28 heavy (non-hydrogen) atoms. The second-order valence-corrected chi connectivity index (χ2v) is 7.17. The van der Waals surface area contributed by atoms with E-state index in [1.165, 1.54) is 7.11 Å². The molecule has 0 amide bonds. The van der Waals surface area contributed by atoms with Crippen molar-refractivity contribution in [3.63, 3.8) is 0 Å². The zero-order valence-electron chi connectivity index (χ0n) is 16.0. The Bertz CT molecular complexity index is 972. The molecule has 3 aliphatic rings. The van der Waals surface area contributed by atoms with Crippen LogP contribution in [0.5, 0.6) is 23.0 Å². The van der Waals surface area contributed by atoms with E-state index in [9.17, 15) is 4.79 Å². The Morgan fingerprint density at radius 3 is 2.61 bits per heavy atom. The number of benzene rings is 2. The molecule has 3 aliphatic heterocycles. The lowest BCUT2D eigenvalue weighted by Gasteiger charge is -2.37. The van der Waals surface area contributed by atoms with Crippen LogP contribution >= 0.6 is 0 Å². The van der Waals surface area contributed by atoms with E-state index in [2.05, 4.69) is 4.90 Å². The van der Waals surface area contributed by atoms with Gasteiger partial charge >= 0.3 is 5.97 Å². The summed E-state index contributed by atoms with van der Waals surface area (Å²) in [6, 6.07) is 7.60. The van der Waals surface area contributed by atoms with Gasteiger partial charge in [-0.25, -0.2) is 4.79 Å². The van der Waals surface area contributed by atoms with Crippen molar-refractivity contribution in [1.29, 1.82) is 0 Å². The largest absolute Gasteiger partial charge is 0.493 e. The van der Waals surface area contributed by atoms with Gasteiger partial charge in [-0.2, -0.15) is 0 Å². The lowest BCUT2D eigenvalue weighted by Crippen LogP contribution is -2.36. The van der Waals surface area contributed by atoms with E-state index in [0.29, 0.717) is 22.8 Å². The minimum atomic E-state index is -0.435. The summed E-state index contributed by atoms with van der Waals surface area (Å²) in [4.78, 5) is 15.2. The number of nitrogens with zero attached hydrogens (tertiary/aromatic N) is 1. The quantitative estimate of drug-likeness (QED) is 0.739. The molecule has 0 fully saturated rings. The van der Waals surface area contributed by atoms with Crippen LogP contribution in [0.25, 0.3) is 0 Å². The zero-order chi connectivity index (χ0) is 19.4. The Morgan fingerprint density at radius 2 is 1.86 bits per heavy atom. The van der Waals surface area contributed by atoms with Crippen LogP contribution in [0.1, 0.15) is 39.2 Å². The molecule has 2 aromatic carbocycles. The van der Waals surface area contributed by atoms with Gasteiger partial charge < -0.3 is 23.7 Å². The van der Waals surface area contributed by atoms with E-state index in [0.717, 1.165) is 35.4 Å². The molecule has 2 aromatic rings. The van der Waals surface area contributed by atoms with Gasteiger partial charge in [-0.1, -0.05) is 6.07 Å². The topological polar surface area (TPSA) is 66.5 Å². The predicted molar refractivity (Wildman–Crippen MR) is 99.3 cm³/mol. The number of ether oxygens (including phenoxy) is 5. The van der Waals surface area contributed by atoms with Crippen LogP contribution in [0.15, 0.2) is 24.3 Å². The van der Waals surface area contributed by atoms with E-state index in [1.54, 1.807) is 7.11 Å². The standard InChI is InChI=1S/C21H21NO6/c1-22-7-6-11-8-15-16(27-10-26-15)9-13(11)19-18(22)12-4-5-14(24-2)20(25-3)17(12)21(23)28-19/h4-5,8-9,18-19H,6-7,10H2,1-3H3/t18-,19+/m1/s1. The number of carbonyl (C=O) groups excluding carboxylic acids is 1. The molecule has 2 atom stereocenters. The third-order valence-corrected chi connectivity index (χ3v) is 5.77. The average Bonchev–Trinajstić information content (AvgIpc) is 3.12. The number of carbonyl (C=O) groups is 1. The van der Waals surface area contributed by atoms with Crippen molar-refractivity contribution in [3.8, 4) is 23.0 Å². The lowest BCUT2D eigenvalue weighted by molar-refractivity contribution is -0.00576. The SMILES string of the molecule is COc1ccc2c(c1OC)C(=O)O[C@H]1c3cc4c(cc3CCN(C)[C@H]21)OCO4. The first-order valence-electron chi connectivity index (χ1n) is 9.21. The van der Waals surface area contributed by atoms with Gasteiger partial charge in [0, 0.05) is 12.1 Å². The van der Waals surface area contributed by atoms with Gasteiger partial charge in [0.2, 0.25) is 6.79 Å². The molecule has 0 N–H and O–H groups in total. The normalized spacial score (nSPS) is 22.5. The highest BCUT2D eigenvalue weighted by Crippen LogP contribution is 2.50. The van der Waals surface area contributed by atoms with Crippen molar-refractivity contribution in [1.82, 2.24) is 4.90 Å². The third-order valence-electron chi connectivity index (χ3n) is 5.77. The van der Waals surface area contributed by atoms with E-state index in [1.807, 2.05) is 31.3 Å². The van der Waals surface area contributed by atoms with Crippen LogP contribution in [0.3, 0.4) is 0 Å². The molecule has 5 rings (SSSR count). The molecule has 7 nitrogen and oxygen atoms in total. The molecule has 0 bridgehead atoms. The van der Waals surface area contributed by atoms with Crippen molar-refractivity contribution < 1.29 is 28.5 Å². The highest BCUT2D eigenvalue weighted by Gasteiger charge is 2.44. The molecular formula is C21H21NO6. The van der Waals surface area contributed by atoms with E-state index in [-0.39, 0.29) is 12.8 Å². The smallest absolute Gasteiger partial charge is 0.343 e. The van der Waals surface area contributed by atoms with Gasteiger partial charge in [-0.05, 0) is 42.8 Å². The molecule has 0 saturated heterocycles. The molecule has 0 saturated carbocycles. The summed E-state index contributed by atoms with van der Waals surface area (Å²) in [5, 5.41) is 0. The fourth-order valence-electron chi connectivity index (χ4n) is 4.42. The van der Waals surface area contributed by atoms with Crippen molar-refractivity contribution in [3.05, 3.63) is 46.5 Å². The molecule has 3 heterocycles. The summed E-state index contributed by atoms with van der Waals surface area (Å²) in [5.74, 6) is 1.94. The second kappa shape index (κ2) is 6.31. The minimum absolute atomic E-state index is 0.130. The van der Waals surface area contributed by atoms with Crippen LogP contribution in [-0.2, 0) is 11.2 Å². The first-order valence-corrected chi connectivity index (χ1v) is 9.21. The Balaban J connectivity index is 1.69. The van der Waals surface area contributed by atoms with Crippen LogP contribution in [0.4, 0.5) is 0 Å². The zero-order valence-corrected chi connectivity index (χ0v) is 16.0. The maximum atomic E-state index is 13.0. The summed E-state index contributed by atoms with van der Waals surface area (Å²) in [5.41, 5.74) is 3.39. The van der Waals surface area contributed by atoms with Gasteiger partial charge in [0.15, 0.2) is 23.0 Å². The van der Waals surface area contributed by atoms with Crippen LogP contribution in [-0.4, -0.2) is 45.5 Å². The molecule has 0 radical (unpaired) electrons. The van der Waals surface area contributed by atoms with Gasteiger partial charge in [-0.15, -0.1) is 0 Å². The number of fused-ring (bicyclic) bond motifs is 6. The molecule has 0 aromatic heterocycles. The highest BCUT2D eigenvalue weighted by molar-refractivity contribution is 5.97. The van der Waals surface area contributed by atoms with Gasteiger partial charge in [0.05, 0.1) is 20.3 Å². The van der Waals surface area contributed by atoms with E-state index in [4.69, 9.17) is 23.7 Å². The van der Waals surface area contributed by atoms with Crippen LogP contribution in [0.2, 0.25) is 0 Å². The number of esters is 1. The molecule has 146 valence electrons. The maximum Gasteiger partial charge on any atom is 0.343 e. The minimum Gasteiger partial charge on any atom is -0.493 e. The molecule has 0 unspecified atom stereocenters. The van der Waals surface area contributed by atoms with Crippen molar-refractivity contribution in [2.45, 2.75) is 18.6 Å². The van der Waals surface area contributed by atoms with E-state index < -0.39 is 12.1 Å². The summed E-state index contributed by atoms with van der Waals surface area (Å²) in [6.07, 6.45) is 0.394. The Morgan fingerprint density at radius 1 is 1.07 bits per heavy atom. The number of hydrogen-bond donors (Lipinski definition) is 0. The molecule has 0 spiro atoms. The van der Waals surface area contributed by atoms with Gasteiger partial charge in [0.1, 0.15) is 11.7 Å². The van der Waals surface area contributed by atoms with E-state index >= 15 is 0 Å². The van der Waals surface area contributed by atoms with Crippen LogP contribution < -0.4 is 18.9 Å². The van der Waals surface area contributed by atoms with Crippen molar-refractivity contribution in [2.24, 2.45) is 0 Å². The monoisotopic (exact) mass is 383 g/mol. The third kappa shape index (κ3) is 2.36. The fourth-order valence-corrected chi connectivity index (χ4v) is 4.42. The Hall–Kier alpha value is -2.93.